The summed E-state index contributed by atoms with van der Waals surface area (Å²) in [5, 5.41) is 1.66. The van der Waals surface area contributed by atoms with E-state index < -0.39 is 22.0 Å². The van der Waals surface area contributed by atoms with Crippen LogP contribution in [0.15, 0.2) is 52.1 Å². The number of carbonyl (C=O) groups is 1. The summed E-state index contributed by atoms with van der Waals surface area (Å²) in [5.74, 6) is -0.621. The fraction of sp³-hybridized carbons (Fsp3) is 0.214. The molecule has 0 bridgehead atoms. The number of sulfonamides is 1. The van der Waals surface area contributed by atoms with Crippen molar-refractivity contribution in [3.8, 4) is 0 Å². The molecule has 1 aromatic carbocycles. The lowest BCUT2D eigenvalue weighted by Gasteiger charge is -2.17. The van der Waals surface area contributed by atoms with Gasteiger partial charge in [0.2, 0.25) is 0 Å². The molecule has 1 aromatic heterocycles. The van der Waals surface area contributed by atoms with Gasteiger partial charge in [0, 0.05) is 0 Å². The smallest absolute Gasteiger partial charge is 0.328 e. The molecule has 0 fully saturated rings. The van der Waals surface area contributed by atoms with E-state index in [4.69, 9.17) is 4.74 Å². The van der Waals surface area contributed by atoms with Gasteiger partial charge in [-0.15, -0.1) is 11.3 Å². The first-order valence-electron chi connectivity index (χ1n) is 6.32. The Balaban J connectivity index is 2.31. The van der Waals surface area contributed by atoms with Crippen LogP contribution in [0, 0.1) is 0 Å². The standard InChI is InChI=1S/C14H15NO4S2/c1-2-19-14(16)13(11-7-4-3-5-8-11)15-21(17,18)12-9-6-10-20-12/h3-10,13,15H,2H2,1H3/t13-/m0/s1. The molecule has 7 heteroatoms. The highest BCUT2D eigenvalue weighted by atomic mass is 32.2. The zero-order valence-electron chi connectivity index (χ0n) is 11.4. The average molecular weight is 325 g/mol. The molecular weight excluding hydrogens is 310 g/mol. The van der Waals surface area contributed by atoms with Crippen LogP contribution >= 0.6 is 11.3 Å². The predicted octanol–water partition coefficient (Wildman–Crippen LogP) is 2.33. The van der Waals surface area contributed by atoms with Crippen molar-refractivity contribution in [3.05, 3.63) is 53.4 Å². The van der Waals surface area contributed by atoms with Gasteiger partial charge in [-0.25, -0.2) is 13.2 Å². The first-order chi connectivity index (χ1) is 10.0. The lowest BCUT2D eigenvalue weighted by atomic mass is 10.1. The van der Waals surface area contributed by atoms with E-state index in [1.807, 2.05) is 0 Å². The third kappa shape index (κ3) is 3.90. The molecule has 0 amide bonds. The van der Waals surface area contributed by atoms with Crippen LogP contribution in [0.1, 0.15) is 18.5 Å². The second kappa shape index (κ2) is 6.84. The van der Waals surface area contributed by atoms with Crippen molar-refractivity contribution in [2.45, 2.75) is 17.2 Å². The van der Waals surface area contributed by atoms with Crippen molar-refractivity contribution in [3.63, 3.8) is 0 Å². The van der Waals surface area contributed by atoms with Gasteiger partial charge in [0.15, 0.2) is 0 Å². The van der Waals surface area contributed by atoms with Gasteiger partial charge in [-0.1, -0.05) is 36.4 Å². The summed E-state index contributed by atoms with van der Waals surface area (Å²) in [6.07, 6.45) is 0. The van der Waals surface area contributed by atoms with E-state index in [1.165, 1.54) is 6.07 Å². The first-order valence-corrected chi connectivity index (χ1v) is 8.68. The molecule has 0 spiro atoms. The molecule has 5 nitrogen and oxygen atoms in total. The lowest BCUT2D eigenvalue weighted by Crippen LogP contribution is -2.34. The van der Waals surface area contributed by atoms with Gasteiger partial charge in [0.05, 0.1) is 6.61 Å². The Morgan fingerprint density at radius 1 is 1.24 bits per heavy atom. The second-order valence-corrected chi connectivity index (χ2v) is 7.04. The molecule has 1 heterocycles. The molecule has 0 unspecified atom stereocenters. The van der Waals surface area contributed by atoms with E-state index in [9.17, 15) is 13.2 Å². The van der Waals surface area contributed by atoms with Crippen LogP contribution in [0.5, 0.6) is 0 Å². The number of esters is 1. The third-order valence-corrected chi connectivity index (χ3v) is 5.51. The zero-order valence-corrected chi connectivity index (χ0v) is 13.0. The van der Waals surface area contributed by atoms with Crippen LogP contribution in [-0.2, 0) is 19.6 Å². The average Bonchev–Trinajstić information content (AvgIpc) is 3.01. The summed E-state index contributed by atoms with van der Waals surface area (Å²) in [5.41, 5.74) is 0.538. The summed E-state index contributed by atoms with van der Waals surface area (Å²) < 4.78 is 32.1. The topological polar surface area (TPSA) is 72.5 Å². The van der Waals surface area contributed by atoms with Crippen LogP contribution in [0.2, 0.25) is 0 Å². The Hall–Kier alpha value is -1.70. The Morgan fingerprint density at radius 2 is 1.95 bits per heavy atom. The summed E-state index contributed by atoms with van der Waals surface area (Å²) in [4.78, 5) is 12.0. The Bertz CT molecular complexity index is 681. The normalized spacial score (nSPS) is 12.8. The van der Waals surface area contributed by atoms with Gasteiger partial charge in [-0.3, -0.25) is 0 Å². The molecule has 2 rings (SSSR count). The van der Waals surface area contributed by atoms with Crippen molar-refractivity contribution >= 4 is 27.3 Å². The molecular formula is C14H15NO4S2. The minimum atomic E-state index is -3.76. The van der Waals surface area contributed by atoms with Crippen molar-refractivity contribution in [2.24, 2.45) is 0 Å². The first kappa shape index (κ1) is 15.7. The number of rotatable bonds is 6. The number of ether oxygens (including phenoxy) is 1. The molecule has 0 aliphatic heterocycles. The van der Waals surface area contributed by atoms with E-state index in [1.54, 1.807) is 48.7 Å². The summed E-state index contributed by atoms with van der Waals surface area (Å²) in [7, 11) is -3.76. The predicted molar refractivity (Wildman–Crippen MR) is 80.5 cm³/mol. The quantitative estimate of drug-likeness (QED) is 0.827. The lowest BCUT2D eigenvalue weighted by molar-refractivity contribution is -0.145. The van der Waals surface area contributed by atoms with E-state index in [0.717, 1.165) is 11.3 Å². The highest BCUT2D eigenvalue weighted by Crippen LogP contribution is 2.21. The zero-order chi connectivity index (χ0) is 15.3. The highest BCUT2D eigenvalue weighted by Gasteiger charge is 2.28. The molecule has 0 saturated heterocycles. The molecule has 2 aromatic rings. The van der Waals surface area contributed by atoms with Gasteiger partial charge in [0.25, 0.3) is 10.0 Å². The minimum absolute atomic E-state index is 0.160. The van der Waals surface area contributed by atoms with Crippen molar-refractivity contribution in [1.29, 1.82) is 0 Å². The fourth-order valence-corrected chi connectivity index (χ4v) is 3.94. The fourth-order valence-electron chi connectivity index (χ4n) is 1.75. The maximum absolute atomic E-state index is 12.3. The molecule has 0 aliphatic carbocycles. The number of hydrogen-bond acceptors (Lipinski definition) is 5. The third-order valence-electron chi connectivity index (χ3n) is 2.69. The molecule has 0 saturated carbocycles. The van der Waals surface area contributed by atoms with Gasteiger partial charge in [0.1, 0.15) is 10.3 Å². The molecule has 0 radical (unpaired) electrons. The number of carbonyl (C=O) groups excluding carboxylic acids is 1. The number of benzene rings is 1. The molecule has 21 heavy (non-hydrogen) atoms. The van der Waals surface area contributed by atoms with Crippen LogP contribution in [0.3, 0.4) is 0 Å². The monoisotopic (exact) mass is 325 g/mol. The van der Waals surface area contributed by atoms with Crippen LogP contribution in [-0.4, -0.2) is 21.0 Å². The van der Waals surface area contributed by atoms with Crippen molar-refractivity contribution in [2.75, 3.05) is 6.61 Å². The molecule has 0 aliphatic rings. The SMILES string of the molecule is CCOC(=O)[C@@H](NS(=O)(=O)c1cccs1)c1ccccc1. The maximum atomic E-state index is 12.3. The number of hydrogen-bond donors (Lipinski definition) is 1. The van der Waals surface area contributed by atoms with E-state index in [-0.39, 0.29) is 10.8 Å². The van der Waals surface area contributed by atoms with Crippen molar-refractivity contribution in [1.82, 2.24) is 4.72 Å². The van der Waals surface area contributed by atoms with Gasteiger partial charge in [-0.05, 0) is 23.9 Å². The number of thiophene rings is 1. The van der Waals surface area contributed by atoms with Gasteiger partial charge in [-0.2, -0.15) is 4.72 Å². The van der Waals surface area contributed by atoms with Gasteiger partial charge < -0.3 is 4.74 Å². The summed E-state index contributed by atoms with van der Waals surface area (Å²) in [6.45, 7) is 1.86. The van der Waals surface area contributed by atoms with Gasteiger partial charge >= 0.3 is 5.97 Å². The van der Waals surface area contributed by atoms with Crippen LogP contribution in [0.25, 0.3) is 0 Å². The second-order valence-electron chi connectivity index (χ2n) is 4.15. The highest BCUT2D eigenvalue weighted by molar-refractivity contribution is 7.91. The summed E-state index contributed by atoms with van der Waals surface area (Å²) in [6, 6.07) is 10.7. The minimum Gasteiger partial charge on any atom is -0.465 e. The number of nitrogens with one attached hydrogen (secondary N) is 1. The van der Waals surface area contributed by atoms with E-state index in [0.29, 0.717) is 5.56 Å². The molecule has 1 atom stereocenters. The maximum Gasteiger partial charge on any atom is 0.328 e. The van der Waals surface area contributed by atoms with Crippen LogP contribution < -0.4 is 4.72 Å². The van der Waals surface area contributed by atoms with E-state index >= 15 is 0 Å². The van der Waals surface area contributed by atoms with E-state index in [2.05, 4.69) is 4.72 Å². The van der Waals surface area contributed by atoms with Crippen molar-refractivity contribution < 1.29 is 17.9 Å². The van der Waals surface area contributed by atoms with Crippen LogP contribution in [0.4, 0.5) is 0 Å². The molecule has 112 valence electrons. The summed E-state index contributed by atoms with van der Waals surface area (Å²) >= 11 is 1.09. The largest absolute Gasteiger partial charge is 0.465 e. The molecule has 1 N–H and O–H groups in total. The Kier molecular flexibility index (Phi) is 5.11. The Labute approximate surface area is 127 Å². The Morgan fingerprint density at radius 3 is 2.52 bits per heavy atom.